The number of carbonyl (C=O) groups excluding carboxylic acids is 1. The van der Waals surface area contributed by atoms with Crippen molar-refractivity contribution in [3.05, 3.63) is 29.3 Å². The van der Waals surface area contributed by atoms with Crippen LogP contribution in [-0.2, 0) is 16.1 Å². The van der Waals surface area contributed by atoms with Crippen LogP contribution in [0.5, 0.6) is 0 Å². The van der Waals surface area contributed by atoms with Gasteiger partial charge in [-0.3, -0.25) is 0 Å². The van der Waals surface area contributed by atoms with E-state index in [-0.39, 0.29) is 6.54 Å². The molecule has 0 N–H and O–H groups in total. The van der Waals surface area contributed by atoms with Crippen LogP contribution in [0.1, 0.15) is 0 Å². The summed E-state index contributed by atoms with van der Waals surface area (Å²) in [4.78, 5) is 12.2. The molecule has 6 nitrogen and oxygen atoms in total. The number of carbonyl (C=O) groups is 1. The van der Waals surface area contributed by atoms with E-state index < -0.39 is 5.97 Å². The average molecular weight is 253 g/mol. The first-order chi connectivity index (χ1) is 8.20. The summed E-state index contributed by atoms with van der Waals surface area (Å²) >= 11 is 5.99. The Balaban J connectivity index is 2.24. The molecular formula is C10H9ClN4O2. The van der Waals surface area contributed by atoms with Crippen LogP contribution < -0.4 is 0 Å². The molecule has 0 fully saturated rings. The monoisotopic (exact) mass is 252 g/mol. The van der Waals surface area contributed by atoms with Crippen molar-refractivity contribution in [3.63, 3.8) is 0 Å². The van der Waals surface area contributed by atoms with Gasteiger partial charge in [0.05, 0.1) is 12.1 Å². The lowest BCUT2D eigenvalue weighted by molar-refractivity contribution is -0.141. The molecule has 17 heavy (non-hydrogen) atoms. The van der Waals surface area contributed by atoms with Crippen LogP contribution in [0.25, 0.3) is 11.4 Å². The number of esters is 1. The van der Waals surface area contributed by atoms with E-state index in [4.69, 9.17) is 11.6 Å². The van der Waals surface area contributed by atoms with Crippen LogP contribution in [0.15, 0.2) is 24.3 Å². The maximum absolute atomic E-state index is 11.0. The van der Waals surface area contributed by atoms with Crippen LogP contribution in [0.4, 0.5) is 0 Å². The third-order valence-corrected chi connectivity index (χ3v) is 2.40. The average Bonchev–Trinajstić information content (AvgIpc) is 2.78. The molecule has 0 spiro atoms. The predicted octanol–water partition coefficient (Wildman–Crippen LogP) is 1.17. The van der Waals surface area contributed by atoms with Gasteiger partial charge in [-0.2, -0.15) is 4.80 Å². The predicted molar refractivity (Wildman–Crippen MR) is 60.3 cm³/mol. The van der Waals surface area contributed by atoms with E-state index in [0.29, 0.717) is 16.4 Å². The zero-order chi connectivity index (χ0) is 12.3. The van der Waals surface area contributed by atoms with Crippen molar-refractivity contribution in [3.8, 4) is 11.4 Å². The fraction of sp³-hybridized carbons (Fsp3) is 0.200. The van der Waals surface area contributed by atoms with Crippen LogP contribution in [0.2, 0.25) is 5.02 Å². The fourth-order valence-corrected chi connectivity index (χ4v) is 1.46. The molecule has 0 radical (unpaired) electrons. The number of benzene rings is 1. The minimum atomic E-state index is -0.437. The minimum Gasteiger partial charge on any atom is -0.468 e. The summed E-state index contributed by atoms with van der Waals surface area (Å²) in [5, 5.41) is 12.1. The summed E-state index contributed by atoms with van der Waals surface area (Å²) in [6, 6.07) is 7.15. The van der Waals surface area contributed by atoms with Crippen molar-refractivity contribution < 1.29 is 9.53 Å². The number of rotatable bonds is 3. The van der Waals surface area contributed by atoms with Crippen molar-refractivity contribution >= 4 is 17.6 Å². The number of ether oxygens (including phenoxy) is 1. The molecule has 0 saturated heterocycles. The van der Waals surface area contributed by atoms with Crippen molar-refractivity contribution in [2.75, 3.05) is 7.11 Å². The maximum Gasteiger partial charge on any atom is 0.329 e. The van der Waals surface area contributed by atoms with Crippen LogP contribution in [0.3, 0.4) is 0 Å². The molecule has 0 amide bonds. The normalized spacial score (nSPS) is 10.2. The molecule has 0 saturated carbocycles. The number of hydrogen-bond acceptors (Lipinski definition) is 5. The highest BCUT2D eigenvalue weighted by Crippen LogP contribution is 2.23. The Hall–Kier alpha value is -1.95. The van der Waals surface area contributed by atoms with Crippen molar-refractivity contribution in [1.82, 2.24) is 20.2 Å². The van der Waals surface area contributed by atoms with E-state index in [1.165, 1.54) is 7.11 Å². The number of tetrazole rings is 1. The largest absolute Gasteiger partial charge is 0.468 e. The van der Waals surface area contributed by atoms with Gasteiger partial charge in [0, 0.05) is 5.56 Å². The van der Waals surface area contributed by atoms with Gasteiger partial charge in [0.15, 0.2) is 6.54 Å². The highest BCUT2D eigenvalue weighted by atomic mass is 35.5. The van der Waals surface area contributed by atoms with E-state index >= 15 is 0 Å². The molecule has 88 valence electrons. The second-order valence-electron chi connectivity index (χ2n) is 3.20. The van der Waals surface area contributed by atoms with Gasteiger partial charge in [-0.25, -0.2) is 4.79 Å². The van der Waals surface area contributed by atoms with Gasteiger partial charge in [0.25, 0.3) is 0 Å². The van der Waals surface area contributed by atoms with E-state index in [9.17, 15) is 4.79 Å². The van der Waals surface area contributed by atoms with Gasteiger partial charge in [-0.05, 0) is 17.3 Å². The molecule has 7 heteroatoms. The van der Waals surface area contributed by atoms with Crippen molar-refractivity contribution in [1.29, 1.82) is 0 Å². The molecular weight excluding hydrogens is 244 g/mol. The first-order valence-corrected chi connectivity index (χ1v) is 5.18. The zero-order valence-electron chi connectivity index (χ0n) is 9.00. The molecule has 2 aromatic rings. The summed E-state index contributed by atoms with van der Waals surface area (Å²) in [5.41, 5.74) is 0.672. The number of nitrogens with zero attached hydrogens (tertiary/aromatic N) is 4. The Kier molecular flexibility index (Phi) is 3.34. The van der Waals surface area contributed by atoms with Gasteiger partial charge >= 0.3 is 5.97 Å². The quantitative estimate of drug-likeness (QED) is 0.767. The standard InChI is InChI=1S/C10H9ClN4O2/c1-17-9(16)6-15-13-10(12-14-15)7-4-2-3-5-8(7)11/h2-5H,6H2,1H3. The van der Waals surface area contributed by atoms with Gasteiger partial charge in [0.2, 0.25) is 5.82 Å². The third kappa shape index (κ3) is 2.59. The second kappa shape index (κ2) is 4.92. The summed E-state index contributed by atoms with van der Waals surface area (Å²) in [6.45, 7) is -0.0754. The molecule has 1 aromatic carbocycles. The molecule has 0 unspecified atom stereocenters. The summed E-state index contributed by atoms with van der Waals surface area (Å²) in [6.07, 6.45) is 0. The Bertz CT molecular complexity index is 541. The van der Waals surface area contributed by atoms with E-state index in [0.717, 1.165) is 4.80 Å². The zero-order valence-corrected chi connectivity index (χ0v) is 9.76. The molecule has 0 aliphatic heterocycles. The molecule has 0 bridgehead atoms. The first-order valence-electron chi connectivity index (χ1n) is 4.80. The van der Waals surface area contributed by atoms with Gasteiger partial charge < -0.3 is 4.74 Å². The third-order valence-electron chi connectivity index (χ3n) is 2.07. The number of aromatic nitrogens is 4. The van der Waals surface area contributed by atoms with E-state index in [1.807, 2.05) is 12.1 Å². The number of hydrogen-bond donors (Lipinski definition) is 0. The first kappa shape index (κ1) is 11.5. The molecule has 0 atom stereocenters. The maximum atomic E-state index is 11.0. The molecule has 1 heterocycles. The second-order valence-corrected chi connectivity index (χ2v) is 3.61. The van der Waals surface area contributed by atoms with Gasteiger partial charge in [-0.15, -0.1) is 10.2 Å². The van der Waals surface area contributed by atoms with Crippen molar-refractivity contribution in [2.45, 2.75) is 6.54 Å². The molecule has 2 rings (SSSR count). The van der Waals surface area contributed by atoms with Crippen molar-refractivity contribution in [2.24, 2.45) is 0 Å². The highest BCUT2D eigenvalue weighted by Gasteiger charge is 2.11. The van der Waals surface area contributed by atoms with Crippen LogP contribution in [0, 0.1) is 0 Å². The topological polar surface area (TPSA) is 69.9 Å². The lowest BCUT2D eigenvalue weighted by Crippen LogP contribution is -2.14. The lowest BCUT2D eigenvalue weighted by atomic mass is 10.2. The Morgan fingerprint density at radius 2 is 2.24 bits per heavy atom. The number of halogens is 1. The lowest BCUT2D eigenvalue weighted by Gasteiger charge is -1.97. The fourth-order valence-electron chi connectivity index (χ4n) is 1.24. The summed E-state index contributed by atoms with van der Waals surface area (Å²) in [7, 11) is 1.30. The molecule has 0 aliphatic rings. The van der Waals surface area contributed by atoms with Gasteiger partial charge in [-0.1, -0.05) is 23.7 Å². The van der Waals surface area contributed by atoms with E-state index in [1.54, 1.807) is 12.1 Å². The molecule has 1 aromatic heterocycles. The van der Waals surface area contributed by atoms with Gasteiger partial charge in [0.1, 0.15) is 0 Å². The SMILES string of the molecule is COC(=O)Cn1nnc(-c2ccccc2Cl)n1. The number of methoxy groups -OCH3 is 1. The van der Waals surface area contributed by atoms with Crippen LogP contribution >= 0.6 is 11.6 Å². The Morgan fingerprint density at radius 3 is 2.94 bits per heavy atom. The van der Waals surface area contributed by atoms with Crippen LogP contribution in [-0.4, -0.2) is 33.3 Å². The summed E-state index contributed by atoms with van der Waals surface area (Å²) < 4.78 is 4.50. The minimum absolute atomic E-state index is 0.0754. The highest BCUT2D eigenvalue weighted by molar-refractivity contribution is 6.33. The Morgan fingerprint density at radius 1 is 1.47 bits per heavy atom. The smallest absolute Gasteiger partial charge is 0.329 e. The summed E-state index contributed by atoms with van der Waals surface area (Å²) in [5.74, 6) is -0.0624. The molecule has 0 aliphatic carbocycles. The van der Waals surface area contributed by atoms with E-state index in [2.05, 4.69) is 20.1 Å². The Labute approximate surface area is 102 Å².